The van der Waals surface area contributed by atoms with E-state index in [1.165, 1.54) is 0 Å². The van der Waals surface area contributed by atoms with Crippen molar-refractivity contribution < 1.29 is 14.3 Å². The van der Waals surface area contributed by atoms with Crippen molar-refractivity contribution in [1.29, 1.82) is 0 Å². The van der Waals surface area contributed by atoms with Gasteiger partial charge in [0.25, 0.3) is 11.8 Å². The Kier molecular flexibility index (Phi) is 5.22. The van der Waals surface area contributed by atoms with Crippen molar-refractivity contribution in [2.45, 2.75) is 6.61 Å². The molecule has 2 N–H and O–H groups in total. The molecule has 0 fully saturated rings. The molecule has 6 nitrogen and oxygen atoms in total. The van der Waals surface area contributed by atoms with Gasteiger partial charge in [-0.25, -0.2) is 0 Å². The quantitative estimate of drug-likeness (QED) is 0.499. The summed E-state index contributed by atoms with van der Waals surface area (Å²) in [6.07, 6.45) is 0. The van der Waals surface area contributed by atoms with Gasteiger partial charge in [-0.05, 0) is 42.0 Å². The molecule has 2 amide bonds. The maximum atomic E-state index is 12.4. The lowest BCUT2D eigenvalue weighted by molar-refractivity contribution is 0.0613. The monoisotopic (exact) mass is 403 g/mol. The topological polar surface area (TPSA) is 70.7 Å². The Morgan fingerprint density at radius 1 is 0.862 bits per heavy atom. The first kappa shape index (κ1) is 18.6. The second-order valence-electron chi connectivity index (χ2n) is 6.36. The standard InChI is InChI=1S/C22H17N3O3S/c26-20-18-11-4-5-12-19(18)21(27)25(20)24-22(29)23-16-9-6-10-17(13-16)28-14-15-7-2-1-3-8-15/h1-13H,14H2,(H2,23,24,29). The third-order valence-corrected chi connectivity index (χ3v) is 4.54. The van der Waals surface area contributed by atoms with E-state index in [0.717, 1.165) is 10.6 Å². The fourth-order valence-electron chi connectivity index (χ4n) is 2.96. The van der Waals surface area contributed by atoms with E-state index >= 15 is 0 Å². The highest BCUT2D eigenvalue weighted by molar-refractivity contribution is 7.80. The van der Waals surface area contributed by atoms with Gasteiger partial charge in [0.1, 0.15) is 12.4 Å². The number of amides is 2. The number of benzene rings is 3. The molecule has 4 rings (SSSR count). The summed E-state index contributed by atoms with van der Waals surface area (Å²) < 4.78 is 5.80. The summed E-state index contributed by atoms with van der Waals surface area (Å²) in [5.41, 5.74) is 5.10. The third kappa shape index (κ3) is 4.09. The zero-order valence-corrected chi connectivity index (χ0v) is 16.1. The number of carbonyl (C=O) groups is 2. The molecule has 7 heteroatoms. The number of carbonyl (C=O) groups excluding carboxylic acids is 2. The van der Waals surface area contributed by atoms with Gasteiger partial charge in [-0.3, -0.25) is 15.0 Å². The van der Waals surface area contributed by atoms with Gasteiger partial charge in [0, 0.05) is 11.8 Å². The Balaban J connectivity index is 1.38. The number of ether oxygens (including phenoxy) is 1. The second kappa shape index (κ2) is 8.12. The largest absolute Gasteiger partial charge is 0.489 e. The summed E-state index contributed by atoms with van der Waals surface area (Å²) in [4.78, 5) is 24.8. The molecule has 0 aliphatic carbocycles. The van der Waals surface area contributed by atoms with E-state index in [9.17, 15) is 9.59 Å². The van der Waals surface area contributed by atoms with Gasteiger partial charge >= 0.3 is 0 Å². The van der Waals surface area contributed by atoms with E-state index < -0.39 is 11.8 Å². The van der Waals surface area contributed by atoms with E-state index in [1.807, 2.05) is 48.5 Å². The average molecular weight is 403 g/mol. The lowest BCUT2D eigenvalue weighted by Gasteiger charge is -2.18. The normalized spacial score (nSPS) is 12.5. The minimum Gasteiger partial charge on any atom is -0.489 e. The van der Waals surface area contributed by atoms with Crippen LogP contribution in [0.1, 0.15) is 26.3 Å². The zero-order chi connectivity index (χ0) is 20.2. The van der Waals surface area contributed by atoms with Crippen LogP contribution in [0.4, 0.5) is 5.69 Å². The lowest BCUT2D eigenvalue weighted by Crippen LogP contribution is -2.47. The van der Waals surface area contributed by atoms with Crippen LogP contribution in [0.2, 0.25) is 0 Å². The fourth-order valence-corrected chi connectivity index (χ4v) is 3.17. The van der Waals surface area contributed by atoms with Gasteiger partial charge in [-0.2, -0.15) is 5.01 Å². The molecule has 0 saturated heterocycles. The number of hydrogen-bond acceptors (Lipinski definition) is 4. The lowest BCUT2D eigenvalue weighted by atomic mass is 10.1. The summed E-state index contributed by atoms with van der Waals surface area (Å²) in [5, 5.41) is 4.01. The van der Waals surface area contributed by atoms with Crippen LogP contribution in [0, 0.1) is 0 Å². The van der Waals surface area contributed by atoms with Crippen LogP contribution in [-0.4, -0.2) is 21.9 Å². The molecule has 1 aliphatic heterocycles. The molecule has 1 aliphatic rings. The Labute approximate surface area is 173 Å². The van der Waals surface area contributed by atoms with Gasteiger partial charge < -0.3 is 10.1 Å². The Morgan fingerprint density at radius 2 is 1.52 bits per heavy atom. The molecule has 144 valence electrons. The number of fused-ring (bicyclic) bond motifs is 1. The smallest absolute Gasteiger partial charge is 0.280 e. The van der Waals surface area contributed by atoms with Crippen molar-refractivity contribution in [3.8, 4) is 5.75 Å². The van der Waals surface area contributed by atoms with Gasteiger partial charge in [-0.1, -0.05) is 48.5 Å². The number of thiocarbonyl (C=S) groups is 1. The average Bonchev–Trinajstić information content (AvgIpc) is 2.98. The third-order valence-electron chi connectivity index (χ3n) is 4.35. The highest BCUT2D eigenvalue weighted by atomic mass is 32.1. The number of nitrogens with zero attached hydrogens (tertiary/aromatic N) is 1. The van der Waals surface area contributed by atoms with Crippen LogP contribution in [0.3, 0.4) is 0 Å². The fraction of sp³-hybridized carbons (Fsp3) is 0.0455. The summed E-state index contributed by atoms with van der Waals surface area (Å²) in [7, 11) is 0. The van der Waals surface area contributed by atoms with Crippen LogP contribution in [0.25, 0.3) is 0 Å². The minimum absolute atomic E-state index is 0.125. The van der Waals surface area contributed by atoms with Crippen LogP contribution >= 0.6 is 12.2 Å². The van der Waals surface area contributed by atoms with Gasteiger partial charge in [0.2, 0.25) is 0 Å². The van der Waals surface area contributed by atoms with Crippen LogP contribution in [-0.2, 0) is 6.61 Å². The molecule has 0 radical (unpaired) electrons. The first-order chi connectivity index (χ1) is 14.1. The highest BCUT2D eigenvalue weighted by Crippen LogP contribution is 2.21. The van der Waals surface area contributed by atoms with Crippen LogP contribution in [0.15, 0.2) is 78.9 Å². The van der Waals surface area contributed by atoms with Crippen LogP contribution < -0.4 is 15.5 Å². The first-order valence-electron chi connectivity index (χ1n) is 8.94. The maximum Gasteiger partial charge on any atom is 0.280 e. The summed E-state index contributed by atoms with van der Waals surface area (Å²) in [6, 6.07) is 23.8. The van der Waals surface area contributed by atoms with Crippen molar-refractivity contribution in [2.24, 2.45) is 0 Å². The van der Waals surface area contributed by atoms with Gasteiger partial charge in [-0.15, -0.1) is 0 Å². The molecular weight excluding hydrogens is 386 g/mol. The van der Waals surface area contributed by atoms with E-state index in [1.54, 1.807) is 30.3 Å². The van der Waals surface area contributed by atoms with E-state index in [4.69, 9.17) is 17.0 Å². The zero-order valence-electron chi connectivity index (χ0n) is 15.3. The number of hydrogen-bond donors (Lipinski definition) is 2. The molecule has 0 bridgehead atoms. The molecule has 0 spiro atoms. The molecular formula is C22H17N3O3S. The predicted molar refractivity (Wildman–Crippen MR) is 114 cm³/mol. The van der Waals surface area contributed by atoms with E-state index in [0.29, 0.717) is 29.2 Å². The summed E-state index contributed by atoms with van der Waals surface area (Å²) >= 11 is 5.26. The predicted octanol–water partition coefficient (Wildman–Crippen LogP) is 3.76. The Morgan fingerprint density at radius 3 is 2.21 bits per heavy atom. The van der Waals surface area contributed by atoms with Gasteiger partial charge in [0.15, 0.2) is 5.11 Å². The number of imide groups is 1. The summed E-state index contributed by atoms with van der Waals surface area (Å²) in [5.74, 6) is -0.202. The van der Waals surface area contributed by atoms with E-state index in [-0.39, 0.29) is 5.11 Å². The molecule has 3 aromatic carbocycles. The Hall–Kier alpha value is -3.71. The molecule has 0 atom stereocenters. The van der Waals surface area contributed by atoms with Crippen molar-refractivity contribution in [3.05, 3.63) is 95.6 Å². The number of nitrogens with one attached hydrogen (secondary N) is 2. The maximum absolute atomic E-state index is 12.4. The molecule has 3 aromatic rings. The SMILES string of the molecule is O=C1c2ccccc2C(=O)N1NC(=S)Nc1cccc(OCc2ccccc2)c1. The highest BCUT2D eigenvalue weighted by Gasteiger charge is 2.35. The van der Waals surface area contributed by atoms with Crippen LogP contribution in [0.5, 0.6) is 5.75 Å². The second-order valence-corrected chi connectivity index (χ2v) is 6.77. The number of anilines is 1. The van der Waals surface area contributed by atoms with Crippen molar-refractivity contribution in [3.63, 3.8) is 0 Å². The van der Waals surface area contributed by atoms with E-state index in [2.05, 4.69) is 10.7 Å². The van der Waals surface area contributed by atoms with Gasteiger partial charge in [0.05, 0.1) is 11.1 Å². The Bertz CT molecular complexity index is 1050. The van der Waals surface area contributed by atoms with Crippen molar-refractivity contribution in [1.82, 2.24) is 10.4 Å². The first-order valence-corrected chi connectivity index (χ1v) is 9.35. The molecule has 0 unspecified atom stereocenters. The summed E-state index contributed by atoms with van der Waals surface area (Å²) in [6.45, 7) is 0.446. The molecule has 0 saturated carbocycles. The number of hydrazine groups is 1. The van der Waals surface area contributed by atoms with Crippen molar-refractivity contribution in [2.75, 3.05) is 5.32 Å². The molecule has 1 heterocycles. The molecule has 0 aromatic heterocycles. The number of rotatable bonds is 5. The molecule has 29 heavy (non-hydrogen) atoms. The minimum atomic E-state index is -0.435. The van der Waals surface area contributed by atoms with Crippen molar-refractivity contribution >= 4 is 34.8 Å².